The highest BCUT2D eigenvalue weighted by Crippen LogP contribution is 2.20. The largest absolute Gasteiger partial charge is 0.310 e. The molecule has 1 fully saturated rings. The fraction of sp³-hybridized carbons (Fsp3) is 0.909. The number of likely N-dealkylation sites (tertiary alicyclic amines) is 1. The highest BCUT2D eigenvalue weighted by atomic mass is 17.0. The van der Waals surface area contributed by atoms with Gasteiger partial charge in [-0.1, -0.05) is 20.8 Å². The summed E-state index contributed by atoms with van der Waals surface area (Å²) < 4.78 is 0. The maximum atomic E-state index is 10.2. The smallest absolute Gasteiger partial charge is 0.294 e. The molecule has 5 nitrogen and oxygen atoms in total. The van der Waals surface area contributed by atoms with Crippen LogP contribution in [-0.2, 0) is 4.84 Å². The van der Waals surface area contributed by atoms with Crippen LogP contribution in [0.3, 0.4) is 0 Å². The van der Waals surface area contributed by atoms with Crippen molar-refractivity contribution in [3.63, 3.8) is 0 Å². The lowest BCUT2D eigenvalue weighted by Gasteiger charge is -2.32. The first-order valence-electron chi connectivity index (χ1n) is 5.75. The van der Waals surface area contributed by atoms with Crippen molar-refractivity contribution >= 4 is 0 Å². The lowest BCUT2D eigenvalue weighted by atomic mass is 9.92. The molecule has 0 unspecified atom stereocenters. The molecule has 1 heterocycles. The van der Waals surface area contributed by atoms with Crippen molar-refractivity contribution in [3.05, 3.63) is 16.5 Å². The van der Waals surface area contributed by atoms with Gasteiger partial charge in [-0.25, -0.2) is 0 Å². The monoisotopic (exact) mass is 229 g/mol. The topological polar surface area (TPSA) is 55.6 Å². The van der Waals surface area contributed by atoms with Crippen LogP contribution in [-0.4, -0.2) is 35.7 Å². The maximum Gasteiger partial charge on any atom is 0.294 e. The minimum absolute atomic E-state index is 0.208. The fourth-order valence-electron chi connectivity index (χ4n) is 1.72. The molecule has 0 aromatic carbocycles. The first-order chi connectivity index (χ1) is 7.37. The Labute approximate surface area is 96.9 Å². The van der Waals surface area contributed by atoms with Gasteiger partial charge in [0.05, 0.1) is 0 Å². The molecule has 1 rings (SSSR count). The van der Waals surface area contributed by atoms with E-state index in [0.29, 0.717) is 0 Å². The van der Waals surface area contributed by atoms with Crippen molar-refractivity contribution in [3.8, 4) is 0 Å². The van der Waals surface area contributed by atoms with Crippen LogP contribution >= 0.6 is 0 Å². The zero-order valence-corrected chi connectivity index (χ0v) is 10.3. The zero-order valence-electron chi connectivity index (χ0n) is 10.3. The molecule has 1 aliphatic rings. The first-order valence-corrected chi connectivity index (χ1v) is 5.75. The van der Waals surface area contributed by atoms with Crippen LogP contribution in [0.1, 0.15) is 33.6 Å². The van der Waals surface area contributed by atoms with E-state index in [4.69, 9.17) is 0 Å². The molecule has 0 spiro atoms. The minimum Gasteiger partial charge on any atom is -0.310 e. The Morgan fingerprint density at radius 1 is 1.44 bits per heavy atom. The molecule has 0 amide bonds. The van der Waals surface area contributed by atoms with Gasteiger partial charge in [0.25, 0.3) is 5.09 Å². The van der Waals surface area contributed by atoms with E-state index in [0.717, 1.165) is 32.5 Å². The highest BCUT2D eigenvalue weighted by molar-refractivity contribution is 4.85. The predicted octanol–water partition coefficient (Wildman–Crippen LogP) is 1.91. The van der Waals surface area contributed by atoms with Crippen molar-refractivity contribution in [2.24, 2.45) is 5.41 Å². The van der Waals surface area contributed by atoms with Gasteiger partial charge in [0.15, 0.2) is 0 Å². The van der Waals surface area contributed by atoms with E-state index in [1.807, 2.05) is 0 Å². The quantitative estimate of drug-likeness (QED) is 0.546. The normalized spacial score (nSPS) is 19.7. The van der Waals surface area contributed by atoms with Gasteiger partial charge in [-0.2, -0.15) is 0 Å². The van der Waals surface area contributed by atoms with Crippen molar-refractivity contribution in [1.29, 1.82) is 0 Å². The molecular formula is C11H21N2O3. The SMILES string of the molecule is CC(C)(C)[CH]CN1CCC(O[N+](=O)[O-])CC1. The van der Waals surface area contributed by atoms with Crippen LogP contribution < -0.4 is 0 Å². The predicted molar refractivity (Wildman–Crippen MR) is 61.3 cm³/mol. The highest BCUT2D eigenvalue weighted by Gasteiger charge is 2.22. The number of hydrogen-bond donors (Lipinski definition) is 0. The van der Waals surface area contributed by atoms with E-state index in [1.54, 1.807) is 0 Å². The molecule has 0 atom stereocenters. The molecule has 0 aliphatic carbocycles. The lowest BCUT2D eigenvalue weighted by Crippen LogP contribution is -2.39. The van der Waals surface area contributed by atoms with Crippen LogP contribution in [0.25, 0.3) is 0 Å². The standard InChI is InChI=1S/C11H21N2O3/c1-11(2,3)6-9-12-7-4-10(5-8-12)16-13(14)15/h6,10H,4-5,7-9H2,1-3H3. The molecule has 0 bridgehead atoms. The summed E-state index contributed by atoms with van der Waals surface area (Å²) in [5.74, 6) is 0. The van der Waals surface area contributed by atoms with Crippen molar-refractivity contribution in [2.45, 2.75) is 39.7 Å². The Hall–Kier alpha value is -0.840. The first kappa shape index (κ1) is 13.2. The molecule has 0 saturated carbocycles. The van der Waals surface area contributed by atoms with E-state index < -0.39 is 5.09 Å². The van der Waals surface area contributed by atoms with Crippen LogP contribution in [0.2, 0.25) is 0 Å². The van der Waals surface area contributed by atoms with E-state index in [1.165, 1.54) is 0 Å². The van der Waals surface area contributed by atoms with Gasteiger partial charge in [0.2, 0.25) is 0 Å². The van der Waals surface area contributed by atoms with Crippen LogP contribution in [0.4, 0.5) is 0 Å². The molecule has 5 heteroatoms. The van der Waals surface area contributed by atoms with E-state index >= 15 is 0 Å². The molecule has 93 valence electrons. The van der Waals surface area contributed by atoms with Gasteiger partial charge in [-0.15, -0.1) is 10.1 Å². The van der Waals surface area contributed by atoms with Gasteiger partial charge in [-0.3, -0.25) is 0 Å². The third kappa shape index (κ3) is 5.30. The lowest BCUT2D eigenvalue weighted by molar-refractivity contribution is -0.769. The third-order valence-electron chi connectivity index (χ3n) is 2.73. The number of rotatable bonds is 4. The molecular weight excluding hydrogens is 208 g/mol. The van der Waals surface area contributed by atoms with Gasteiger partial charge < -0.3 is 9.74 Å². The third-order valence-corrected chi connectivity index (χ3v) is 2.73. The van der Waals surface area contributed by atoms with E-state index in [2.05, 4.69) is 36.9 Å². The van der Waals surface area contributed by atoms with E-state index in [-0.39, 0.29) is 11.5 Å². The fourth-order valence-corrected chi connectivity index (χ4v) is 1.72. The summed E-state index contributed by atoms with van der Waals surface area (Å²) in [5.41, 5.74) is 0.230. The van der Waals surface area contributed by atoms with Crippen molar-refractivity contribution < 1.29 is 9.92 Å². The van der Waals surface area contributed by atoms with Crippen LogP contribution in [0.15, 0.2) is 0 Å². The van der Waals surface area contributed by atoms with Crippen LogP contribution in [0.5, 0.6) is 0 Å². The molecule has 1 saturated heterocycles. The average molecular weight is 229 g/mol. The zero-order chi connectivity index (χ0) is 12.2. The second-order valence-electron chi connectivity index (χ2n) is 5.40. The summed E-state index contributed by atoms with van der Waals surface area (Å²) in [6.45, 7) is 9.24. The Morgan fingerprint density at radius 3 is 2.44 bits per heavy atom. The maximum absolute atomic E-state index is 10.2. The summed E-state index contributed by atoms with van der Waals surface area (Å²) >= 11 is 0. The molecule has 0 aromatic rings. The van der Waals surface area contributed by atoms with Crippen LogP contribution in [0, 0.1) is 22.0 Å². The Kier molecular flexibility index (Phi) is 4.53. The summed E-state index contributed by atoms with van der Waals surface area (Å²) in [4.78, 5) is 17.1. The van der Waals surface area contributed by atoms with Gasteiger partial charge >= 0.3 is 0 Å². The second-order valence-corrected chi connectivity index (χ2v) is 5.40. The number of hydrogen-bond acceptors (Lipinski definition) is 4. The number of nitrogens with zero attached hydrogens (tertiary/aromatic N) is 2. The Balaban J connectivity index is 2.19. The summed E-state index contributed by atoms with van der Waals surface area (Å²) in [6, 6.07) is 0. The Morgan fingerprint density at radius 2 is 2.00 bits per heavy atom. The summed E-state index contributed by atoms with van der Waals surface area (Å²) in [5, 5.41) is 9.49. The second kappa shape index (κ2) is 5.48. The average Bonchev–Trinajstić information content (AvgIpc) is 2.14. The summed E-state index contributed by atoms with van der Waals surface area (Å²) in [6.07, 6.45) is 3.57. The molecule has 1 radical (unpaired) electrons. The molecule has 0 aromatic heterocycles. The summed E-state index contributed by atoms with van der Waals surface area (Å²) in [7, 11) is 0. The van der Waals surface area contributed by atoms with Gasteiger partial charge in [0.1, 0.15) is 6.10 Å². The number of piperidine rings is 1. The Bertz CT molecular complexity index is 230. The molecule has 16 heavy (non-hydrogen) atoms. The van der Waals surface area contributed by atoms with Gasteiger partial charge in [0, 0.05) is 19.6 Å². The minimum atomic E-state index is -0.679. The van der Waals surface area contributed by atoms with Crippen molar-refractivity contribution in [2.75, 3.05) is 19.6 Å². The van der Waals surface area contributed by atoms with E-state index in [9.17, 15) is 10.1 Å². The molecule has 1 aliphatic heterocycles. The van der Waals surface area contributed by atoms with Crippen molar-refractivity contribution in [1.82, 2.24) is 4.90 Å². The molecule has 0 N–H and O–H groups in total. The van der Waals surface area contributed by atoms with Gasteiger partial charge in [-0.05, 0) is 24.7 Å².